The number of hydrogen-bond acceptors (Lipinski definition) is 6. The monoisotopic (exact) mass is 611 g/mol. The SMILES string of the molecule is CCn1nccc1C(=O)NC(c1cn2nc(CC3C[C@@H](C(F)(F)F)CNC3=O)c(COC)cc2n1)C1CCC(F)(F)CC1. The number of alkyl halides is 5. The van der Waals surface area contributed by atoms with E-state index in [-0.39, 0.29) is 51.0 Å². The van der Waals surface area contributed by atoms with Crippen LogP contribution in [0.25, 0.3) is 5.65 Å². The van der Waals surface area contributed by atoms with Gasteiger partial charge in [0.15, 0.2) is 5.65 Å². The minimum absolute atomic E-state index is 0.0422. The summed E-state index contributed by atoms with van der Waals surface area (Å²) >= 11 is 0. The maximum atomic E-state index is 14.0. The molecule has 2 fully saturated rings. The van der Waals surface area contributed by atoms with Crippen molar-refractivity contribution in [3.63, 3.8) is 0 Å². The van der Waals surface area contributed by atoms with Crippen molar-refractivity contribution in [3.05, 3.63) is 47.2 Å². The summed E-state index contributed by atoms with van der Waals surface area (Å²) in [5, 5.41) is 14.1. The molecule has 15 heteroatoms. The Bertz CT molecular complexity index is 1460. The average molecular weight is 612 g/mol. The Morgan fingerprint density at radius 1 is 1.28 bits per heavy atom. The first-order valence-corrected chi connectivity index (χ1v) is 14.3. The van der Waals surface area contributed by atoms with Gasteiger partial charge in [-0.05, 0) is 44.2 Å². The van der Waals surface area contributed by atoms with Crippen LogP contribution < -0.4 is 10.6 Å². The zero-order valence-electron chi connectivity index (χ0n) is 23.8. The van der Waals surface area contributed by atoms with Gasteiger partial charge in [-0.25, -0.2) is 18.3 Å². The van der Waals surface area contributed by atoms with E-state index in [1.165, 1.54) is 22.5 Å². The third-order valence-electron chi connectivity index (χ3n) is 8.39. The van der Waals surface area contributed by atoms with Crippen molar-refractivity contribution in [3.8, 4) is 0 Å². The second-order valence-electron chi connectivity index (χ2n) is 11.3. The molecular weight excluding hydrogens is 577 g/mol. The first-order valence-electron chi connectivity index (χ1n) is 14.3. The van der Waals surface area contributed by atoms with Crippen LogP contribution in [-0.2, 0) is 29.1 Å². The second-order valence-corrected chi connectivity index (χ2v) is 11.3. The molecule has 234 valence electrons. The summed E-state index contributed by atoms with van der Waals surface area (Å²) < 4.78 is 76.6. The van der Waals surface area contributed by atoms with Crippen molar-refractivity contribution in [1.29, 1.82) is 0 Å². The van der Waals surface area contributed by atoms with E-state index < -0.39 is 48.3 Å². The number of aromatic nitrogens is 5. The zero-order valence-corrected chi connectivity index (χ0v) is 23.8. The van der Waals surface area contributed by atoms with Gasteiger partial charge in [-0.1, -0.05) is 0 Å². The molecule has 0 aromatic carbocycles. The molecule has 2 aliphatic rings. The topological polar surface area (TPSA) is 115 Å². The summed E-state index contributed by atoms with van der Waals surface area (Å²) in [6, 6.07) is 2.54. The molecule has 1 aliphatic heterocycles. The quantitative estimate of drug-likeness (QED) is 0.350. The van der Waals surface area contributed by atoms with Crippen molar-refractivity contribution in [2.24, 2.45) is 17.8 Å². The molecule has 0 bridgehead atoms. The van der Waals surface area contributed by atoms with Crippen LogP contribution in [0.3, 0.4) is 0 Å². The van der Waals surface area contributed by atoms with Gasteiger partial charge in [0.05, 0.1) is 36.2 Å². The lowest BCUT2D eigenvalue weighted by atomic mass is 9.81. The van der Waals surface area contributed by atoms with E-state index in [1.807, 2.05) is 6.92 Å². The predicted molar refractivity (Wildman–Crippen MR) is 143 cm³/mol. The Morgan fingerprint density at radius 2 is 2.02 bits per heavy atom. The summed E-state index contributed by atoms with van der Waals surface area (Å²) in [7, 11) is 1.46. The molecule has 2 N–H and O–H groups in total. The summed E-state index contributed by atoms with van der Waals surface area (Å²) in [4.78, 5) is 30.5. The number of hydrogen-bond donors (Lipinski definition) is 2. The minimum Gasteiger partial charge on any atom is -0.380 e. The molecule has 0 spiro atoms. The van der Waals surface area contributed by atoms with Crippen molar-refractivity contribution in [1.82, 2.24) is 35.0 Å². The molecule has 1 saturated carbocycles. The normalized spacial score (nSPS) is 22.0. The van der Waals surface area contributed by atoms with Crippen LogP contribution >= 0.6 is 0 Å². The van der Waals surface area contributed by atoms with E-state index in [0.29, 0.717) is 34.8 Å². The Morgan fingerprint density at radius 3 is 2.70 bits per heavy atom. The number of nitrogens with one attached hydrogen (secondary N) is 2. The van der Waals surface area contributed by atoms with Gasteiger partial charge in [-0.15, -0.1) is 0 Å². The van der Waals surface area contributed by atoms with Gasteiger partial charge in [0, 0.05) is 57.1 Å². The van der Waals surface area contributed by atoms with E-state index in [2.05, 4.69) is 25.8 Å². The number of aryl methyl sites for hydroxylation is 1. The number of methoxy groups -OCH3 is 1. The molecule has 43 heavy (non-hydrogen) atoms. The molecule has 5 rings (SSSR count). The molecule has 2 amide bonds. The van der Waals surface area contributed by atoms with Gasteiger partial charge in [0.25, 0.3) is 5.91 Å². The van der Waals surface area contributed by atoms with Gasteiger partial charge in [0.1, 0.15) is 5.69 Å². The molecule has 3 atom stereocenters. The standard InChI is InChI=1S/C28H34F5N7O3/c1-3-39-22(6-9-35-39)26(42)37-24(16-4-7-27(29,30)8-5-16)21-14-40-23(36-21)12-18(15-43-2)20(38-40)11-17-10-19(28(31,32)33)13-34-25(17)41/h6,9,12,14,16-17,19,24H,3-5,7-8,10-11,13,15H2,1-2H3,(H,34,41)(H,37,42)/t17?,19-,24?/m1/s1. The van der Waals surface area contributed by atoms with Crippen LogP contribution in [0.5, 0.6) is 0 Å². The number of fused-ring (bicyclic) bond motifs is 1. The summed E-state index contributed by atoms with van der Waals surface area (Å²) in [6.45, 7) is 1.92. The highest BCUT2D eigenvalue weighted by Gasteiger charge is 2.45. The molecule has 4 heterocycles. The molecule has 2 unspecified atom stereocenters. The van der Waals surface area contributed by atoms with E-state index in [9.17, 15) is 31.5 Å². The molecule has 3 aromatic heterocycles. The number of carbonyl (C=O) groups excluding carboxylic acids is 2. The summed E-state index contributed by atoms with van der Waals surface area (Å²) in [6.07, 6.45) is -2.02. The van der Waals surface area contributed by atoms with Crippen LogP contribution in [-0.4, -0.2) is 61.9 Å². The molecule has 1 aliphatic carbocycles. The number of halogens is 5. The smallest absolute Gasteiger partial charge is 0.380 e. The highest BCUT2D eigenvalue weighted by atomic mass is 19.4. The molecule has 3 aromatic rings. The Labute approximate surface area is 244 Å². The van der Waals surface area contributed by atoms with Crippen LogP contribution in [0.4, 0.5) is 22.0 Å². The van der Waals surface area contributed by atoms with E-state index >= 15 is 0 Å². The van der Waals surface area contributed by atoms with E-state index in [1.54, 1.807) is 18.3 Å². The zero-order chi connectivity index (χ0) is 30.9. The number of imidazole rings is 1. The van der Waals surface area contributed by atoms with E-state index in [0.717, 1.165) is 0 Å². The Hall–Kier alpha value is -3.62. The lowest BCUT2D eigenvalue weighted by molar-refractivity contribution is -0.183. The van der Waals surface area contributed by atoms with Gasteiger partial charge in [-0.3, -0.25) is 14.3 Å². The van der Waals surface area contributed by atoms with Crippen molar-refractivity contribution in [2.75, 3.05) is 13.7 Å². The highest BCUT2D eigenvalue weighted by Crippen LogP contribution is 2.41. The number of carbonyl (C=O) groups is 2. The number of piperidine rings is 1. The Balaban J connectivity index is 1.47. The number of ether oxygens (including phenoxy) is 1. The minimum atomic E-state index is -4.44. The fraction of sp³-hybridized carbons (Fsp3) is 0.607. The predicted octanol–water partition coefficient (Wildman–Crippen LogP) is 4.25. The summed E-state index contributed by atoms with van der Waals surface area (Å²) in [5.41, 5.74) is 2.05. The van der Waals surface area contributed by atoms with Gasteiger partial charge in [0.2, 0.25) is 11.8 Å². The van der Waals surface area contributed by atoms with Crippen LogP contribution in [0, 0.1) is 17.8 Å². The van der Waals surface area contributed by atoms with Crippen LogP contribution in [0.15, 0.2) is 24.5 Å². The number of rotatable bonds is 9. The second kappa shape index (κ2) is 12.2. The van der Waals surface area contributed by atoms with Gasteiger partial charge >= 0.3 is 6.18 Å². The van der Waals surface area contributed by atoms with Gasteiger partial charge < -0.3 is 15.4 Å². The van der Waals surface area contributed by atoms with Gasteiger partial charge in [-0.2, -0.15) is 23.4 Å². The molecular formula is C28H34F5N7O3. The number of nitrogens with zero attached hydrogens (tertiary/aromatic N) is 5. The fourth-order valence-electron chi connectivity index (χ4n) is 6.00. The van der Waals surface area contributed by atoms with Crippen molar-refractivity contribution < 1.29 is 36.3 Å². The first-order chi connectivity index (χ1) is 20.4. The third-order valence-corrected chi connectivity index (χ3v) is 8.39. The molecule has 0 radical (unpaired) electrons. The largest absolute Gasteiger partial charge is 0.393 e. The summed E-state index contributed by atoms with van der Waals surface area (Å²) in [5.74, 6) is -6.58. The third kappa shape index (κ3) is 6.81. The lowest BCUT2D eigenvalue weighted by Gasteiger charge is -2.33. The maximum Gasteiger partial charge on any atom is 0.393 e. The first kappa shape index (κ1) is 30.8. The maximum absolute atomic E-state index is 14.0. The van der Waals surface area contributed by atoms with Crippen molar-refractivity contribution in [2.45, 2.75) is 76.7 Å². The highest BCUT2D eigenvalue weighted by molar-refractivity contribution is 5.92. The van der Waals surface area contributed by atoms with Crippen LogP contribution in [0.2, 0.25) is 0 Å². The van der Waals surface area contributed by atoms with E-state index in [4.69, 9.17) is 4.74 Å². The lowest BCUT2D eigenvalue weighted by Crippen LogP contribution is -2.47. The Kier molecular flexibility index (Phi) is 8.72. The molecule has 1 saturated heterocycles. The molecule has 10 nitrogen and oxygen atoms in total. The van der Waals surface area contributed by atoms with Crippen molar-refractivity contribution >= 4 is 17.5 Å². The fourth-order valence-corrected chi connectivity index (χ4v) is 6.00. The van der Waals surface area contributed by atoms with Crippen LogP contribution in [0.1, 0.15) is 72.5 Å². The average Bonchev–Trinajstić information content (AvgIpc) is 3.59. The number of amides is 2.